The first kappa shape index (κ1) is 24.4. The van der Waals surface area contributed by atoms with Gasteiger partial charge in [-0.2, -0.15) is 0 Å². The van der Waals surface area contributed by atoms with E-state index in [-0.39, 0.29) is 18.9 Å². The van der Waals surface area contributed by atoms with E-state index in [1.165, 1.54) is 19.2 Å². The summed E-state index contributed by atoms with van der Waals surface area (Å²) >= 11 is 0. The second kappa shape index (κ2) is 12.1. The highest BCUT2D eigenvalue weighted by Crippen LogP contribution is 2.16. The van der Waals surface area contributed by atoms with E-state index < -0.39 is 30.4 Å². The number of methoxy groups -OCH3 is 1. The second-order valence-corrected chi connectivity index (χ2v) is 7.02. The maximum absolute atomic E-state index is 12.0. The zero-order valence-electron chi connectivity index (χ0n) is 18.2. The molecule has 0 aliphatic rings. The molecule has 170 valence electrons. The number of esters is 2. The molecule has 0 saturated carbocycles. The Labute approximate surface area is 186 Å². The van der Waals surface area contributed by atoms with Crippen LogP contribution in [0.25, 0.3) is 0 Å². The lowest BCUT2D eigenvalue weighted by Gasteiger charge is -2.09. The Hall–Kier alpha value is -3.88. The average Bonchev–Trinajstić information content (AvgIpc) is 2.76. The first-order valence-electron chi connectivity index (χ1n) is 9.97. The quantitative estimate of drug-likeness (QED) is 0.542. The summed E-state index contributed by atoms with van der Waals surface area (Å²) in [5, 5.41) is 5.21. The van der Waals surface area contributed by atoms with E-state index in [1.54, 1.807) is 50.2 Å². The number of benzene rings is 2. The van der Waals surface area contributed by atoms with Crippen LogP contribution >= 0.6 is 0 Å². The van der Waals surface area contributed by atoms with Crippen molar-refractivity contribution >= 4 is 35.1 Å². The summed E-state index contributed by atoms with van der Waals surface area (Å²) in [7, 11) is 1.51. The largest absolute Gasteiger partial charge is 0.497 e. The molecule has 2 aromatic rings. The fraction of sp³-hybridized carbons (Fsp3) is 0.304. The van der Waals surface area contributed by atoms with Gasteiger partial charge in [-0.25, -0.2) is 4.79 Å². The van der Waals surface area contributed by atoms with Crippen molar-refractivity contribution in [1.29, 1.82) is 0 Å². The Bertz CT molecular complexity index is 955. The minimum atomic E-state index is -0.673. The Balaban J connectivity index is 1.70. The van der Waals surface area contributed by atoms with Crippen LogP contribution in [0.5, 0.6) is 5.75 Å². The molecule has 32 heavy (non-hydrogen) atoms. The molecule has 0 fully saturated rings. The normalized spacial score (nSPS) is 10.2. The molecule has 0 bridgehead atoms. The Morgan fingerprint density at radius 3 is 2.22 bits per heavy atom. The van der Waals surface area contributed by atoms with E-state index in [0.29, 0.717) is 22.7 Å². The molecule has 2 aromatic carbocycles. The predicted octanol–water partition coefficient (Wildman–Crippen LogP) is 3.16. The predicted molar refractivity (Wildman–Crippen MR) is 117 cm³/mol. The van der Waals surface area contributed by atoms with Crippen LogP contribution in [0.2, 0.25) is 0 Å². The van der Waals surface area contributed by atoms with E-state index in [9.17, 15) is 19.2 Å². The van der Waals surface area contributed by atoms with Gasteiger partial charge in [0.25, 0.3) is 5.91 Å². The van der Waals surface area contributed by atoms with Gasteiger partial charge in [0.1, 0.15) is 5.75 Å². The van der Waals surface area contributed by atoms with Gasteiger partial charge in [0.2, 0.25) is 5.91 Å². The standard InChI is InChI=1S/C23H26N2O7/c1-15(2)32-23(29)16-7-9-17(10-8-16)24-20(26)11-12-22(28)31-14-21(27)25-18-5-4-6-19(13-18)30-3/h4-10,13,15H,11-12,14H2,1-3H3,(H,24,26)(H,25,27). The summed E-state index contributed by atoms with van der Waals surface area (Å²) in [5.74, 6) is -1.45. The molecule has 9 heteroatoms. The smallest absolute Gasteiger partial charge is 0.338 e. The number of rotatable bonds is 10. The lowest BCUT2D eigenvalue weighted by atomic mass is 10.2. The zero-order valence-corrected chi connectivity index (χ0v) is 18.2. The van der Waals surface area contributed by atoms with Crippen LogP contribution in [0.3, 0.4) is 0 Å². The molecule has 0 atom stereocenters. The van der Waals surface area contributed by atoms with Gasteiger partial charge in [-0.1, -0.05) is 6.07 Å². The Morgan fingerprint density at radius 2 is 1.56 bits per heavy atom. The van der Waals surface area contributed by atoms with Crippen LogP contribution in [-0.4, -0.2) is 43.6 Å². The number of ether oxygens (including phenoxy) is 3. The van der Waals surface area contributed by atoms with Crippen LogP contribution < -0.4 is 15.4 Å². The van der Waals surface area contributed by atoms with E-state index in [4.69, 9.17) is 14.2 Å². The maximum atomic E-state index is 12.0. The van der Waals surface area contributed by atoms with Gasteiger partial charge < -0.3 is 24.8 Å². The third-order valence-electron chi connectivity index (χ3n) is 4.02. The highest BCUT2D eigenvalue weighted by atomic mass is 16.5. The van der Waals surface area contributed by atoms with Gasteiger partial charge in [-0.05, 0) is 50.2 Å². The maximum Gasteiger partial charge on any atom is 0.338 e. The summed E-state index contributed by atoms with van der Waals surface area (Å²) in [5.41, 5.74) is 1.35. The minimum Gasteiger partial charge on any atom is -0.497 e. The Kier molecular flexibility index (Phi) is 9.22. The van der Waals surface area contributed by atoms with Crippen molar-refractivity contribution in [3.05, 3.63) is 54.1 Å². The lowest BCUT2D eigenvalue weighted by molar-refractivity contribution is -0.147. The molecule has 2 rings (SSSR count). The summed E-state index contributed by atoms with van der Waals surface area (Å²) in [6, 6.07) is 13.0. The van der Waals surface area contributed by atoms with E-state index in [2.05, 4.69) is 10.6 Å². The van der Waals surface area contributed by atoms with Crippen LogP contribution in [0, 0.1) is 0 Å². The van der Waals surface area contributed by atoms with Crippen molar-refractivity contribution in [1.82, 2.24) is 0 Å². The average molecular weight is 442 g/mol. The number of carbonyl (C=O) groups is 4. The third-order valence-corrected chi connectivity index (χ3v) is 4.02. The molecule has 0 aromatic heterocycles. The number of nitrogens with one attached hydrogen (secondary N) is 2. The molecule has 0 aliphatic carbocycles. The summed E-state index contributed by atoms with van der Waals surface area (Å²) in [6.07, 6.45) is -0.528. The highest BCUT2D eigenvalue weighted by Gasteiger charge is 2.12. The van der Waals surface area contributed by atoms with Gasteiger partial charge in [0.05, 0.1) is 25.2 Å². The summed E-state index contributed by atoms with van der Waals surface area (Å²) in [6.45, 7) is 3.04. The molecule has 0 saturated heterocycles. The summed E-state index contributed by atoms with van der Waals surface area (Å²) < 4.78 is 15.1. The number of amides is 2. The van der Waals surface area contributed by atoms with Gasteiger partial charge in [0.15, 0.2) is 6.61 Å². The number of anilines is 2. The van der Waals surface area contributed by atoms with Gasteiger partial charge in [0, 0.05) is 23.9 Å². The van der Waals surface area contributed by atoms with E-state index >= 15 is 0 Å². The SMILES string of the molecule is COc1cccc(NC(=O)COC(=O)CCC(=O)Nc2ccc(C(=O)OC(C)C)cc2)c1. The molecule has 0 unspecified atom stereocenters. The molecular weight excluding hydrogens is 416 g/mol. The molecule has 9 nitrogen and oxygen atoms in total. The topological polar surface area (TPSA) is 120 Å². The highest BCUT2D eigenvalue weighted by molar-refractivity contribution is 5.95. The molecular formula is C23H26N2O7. The molecule has 0 aliphatic heterocycles. The van der Waals surface area contributed by atoms with Crippen LogP contribution in [-0.2, 0) is 23.9 Å². The lowest BCUT2D eigenvalue weighted by Crippen LogP contribution is -2.21. The van der Waals surface area contributed by atoms with Crippen molar-refractivity contribution < 1.29 is 33.4 Å². The number of hydrogen-bond donors (Lipinski definition) is 2. The van der Waals surface area contributed by atoms with E-state index in [0.717, 1.165) is 0 Å². The third kappa shape index (κ3) is 8.47. The number of hydrogen-bond acceptors (Lipinski definition) is 7. The Morgan fingerprint density at radius 1 is 0.875 bits per heavy atom. The van der Waals surface area contributed by atoms with Crippen LogP contribution in [0.1, 0.15) is 37.0 Å². The summed E-state index contributed by atoms with van der Waals surface area (Å²) in [4.78, 5) is 47.5. The monoisotopic (exact) mass is 442 g/mol. The molecule has 0 spiro atoms. The fourth-order valence-corrected chi connectivity index (χ4v) is 2.53. The van der Waals surface area contributed by atoms with Gasteiger partial charge in [-0.3, -0.25) is 14.4 Å². The van der Waals surface area contributed by atoms with Crippen LogP contribution in [0.15, 0.2) is 48.5 Å². The van der Waals surface area contributed by atoms with Crippen molar-refractivity contribution in [2.24, 2.45) is 0 Å². The molecule has 2 amide bonds. The second-order valence-electron chi connectivity index (χ2n) is 7.02. The van der Waals surface area contributed by atoms with Gasteiger partial charge in [-0.15, -0.1) is 0 Å². The van der Waals surface area contributed by atoms with E-state index in [1.807, 2.05) is 0 Å². The first-order chi connectivity index (χ1) is 15.3. The molecule has 0 radical (unpaired) electrons. The molecule has 2 N–H and O–H groups in total. The van der Waals surface area contributed by atoms with Crippen LogP contribution in [0.4, 0.5) is 11.4 Å². The van der Waals surface area contributed by atoms with Crippen molar-refractivity contribution in [2.45, 2.75) is 32.8 Å². The first-order valence-corrected chi connectivity index (χ1v) is 9.97. The fourth-order valence-electron chi connectivity index (χ4n) is 2.53. The van der Waals surface area contributed by atoms with Gasteiger partial charge >= 0.3 is 11.9 Å². The minimum absolute atomic E-state index is 0.118. The van der Waals surface area contributed by atoms with Crippen molar-refractivity contribution in [2.75, 3.05) is 24.4 Å². The number of carbonyl (C=O) groups excluding carboxylic acids is 4. The molecule has 0 heterocycles. The van der Waals surface area contributed by atoms with Crippen molar-refractivity contribution in [3.8, 4) is 5.75 Å². The zero-order chi connectivity index (χ0) is 23.5. The van der Waals surface area contributed by atoms with Crippen molar-refractivity contribution in [3.63, 3.8) is 0 Å².